The van der Waals surface area contributed by atoms with Crippen LogP contribution in [0.2, 0.25) is 0 Å². The zero-order valence-electron chi connectivity index (χ0n) is 22.1. The quantitative estimate of drug-likeness (QED) is 0.334. The molecule has 3 aromatic rings. The van der Waals surface area contributed by atoms with Crippen LogP contribution in [-0.2, 0) is 48.3 Å². The Labute approximate surface area is 230 Å². The van der Waals surface area contributed by atoms with E-state index in [2.05, 4.69) is 11.2 Å². The van der Waals surface area contributed by atoms with Gasteiger partial charge in [-0.05, 0) is 16.7 Å². The fourth-order valence-electron chi connectivity index (χ4n) is 4.50. The third-order valence-corrected chi connectivity index (χ3v) is 6.31. The van der Waals surface area contributed by atoms with E-state index in [1.54, 1.807) is 0 Å². The Bertz CT molecular complexity index is 1170. The molecule has 7 heteroatoms. The molecule has 1 amide bonds. The first-order valence-corrected chi connectivity index (χ1v) is 13.0. The van der Waals surface area contributed by atoms with E-state index in [0.717, 1.165) is 16.7 Å². The van der Waals surface area contributed by atoms with Gasteiger partial charge in [-0.2, -0.15) is 0 Å². The second-order valence-corrected chi connectivity index (χ2v) is 9.31. The minimum absolute atomic E-state index is 0.0523. The number of benzene rings is 3. The lowest BCUT2D eigenvalue weighted by atomic mass is 9.96. The van der Waals surface area contributed by atoms with Crippen molar-refractivity contribution in [3.05, 3.63) is 108 Å². The molecule has 0 aliphatic carbocycles. The molecule has 1 aliphatic rings. The summed E-state index contributed by atoms with van der Waals surface area (Å²) in [6.07, 6.45) is 2.94. The number of ether oxygens (including phenoxy) is 5. The Balaban J connectivity index is 1.57. The fourth-order valence-corrected chi connectivity index (χ4v) is 4.50. The number of amides is 1. The van der Waals surface area contributed by atoms with E-state index in [-0.39, 0.29) is 19.1 Å². The molecule has 0 bridgehead atoms. The number of nitrogens with one attached hydrogen (secondary N) is 1. The van der Waals surface area contributed by atoms with Gasteiger partial charge in [0.2, 0.25) is 5.91 Å². The molecule has 5 atom stereocenters. The van der Waals surface area contributed by atoms with E-state index in [1.165, 1.54) is 6.92 Å². The van der Waals surface area contributed by atoms with E-state index in [1.807, 2.05) is 91.0 Å². The van der Waals surface area contributed by atoms with Gasteiger partial charge in [0.15, 0.2) is 6.29 Å². The molecule has 1 fully saturated rings. The summed E-state index contributed by atoms with van der Waals surface area (Å²) in [4.78, 5) is 12.3. The number of hydrogen-bond donors (Lipinski definition) is 1. The highest BCUT2D eigenvalue weighted by Crippen LogP contribution is 2.29. The van der Waals surface area contributed by atoms with Crippen molar-refractivity contribution in [3.63, 3.8) is 0 Å². The van der Waals surface area contributed by atoms with Crippen LogP contribution in [-0.4, -0.2) is 49.8 Å². The van der Waals surface area contributed by atoms with E-state index in [9.17, 15) is 4.79 Å². The molecule has 0 saturated carbocycles. The summed E-state index contributed by atoms with van der Waals surface area (Å²) in [6.45, 7) is 2.72. The highest BCUT2D eigenvalue weighted by molar-refractivity contribution is 5.73. The predicted octanol–water partition coefficient (Wildman–Crippen LogP) is 4.25. The maximum absolute atomic E-state index is 12.3. The van der Waals surface area contributed by atoms with Gasteiger partial charge in [-0.25, -0.2) is 0 Å². The van der Waals surface area contributed by atoms with Gasteiger partial charge in [-0.1, -0.05) is 96.9 Å². The van der Waals surface area contributed by atoms with Crippen LogP contribution in [0, 0.1) is 12.3 Å². The summed E-state index contributed by atoms with van der Waals surface area (Å²) >= 11 is 0. The number of hydrogen-bond acceptors (Lipinski definition) is 6. The summed E-state index contributed by atoms with van der Waals surface area (Å²) in [7, 11) is 0. The van der Waals surface area contributed by atoms with Gasteiger partial charge in [0, 0.05) is 6.92 Å². The summed E-state index contributed by atoms with van der Waals surface area (Å²) in [5.41, 5.74) is 3.01. The normalized spacial score (nSPS) is 22.6. The molecule has 204 valence electrons. The topological polar surface area (TPSA) is 75.3 Å². The minimum atomic E-state index is -0.814. The molecule has 39 heavy (non-hydrogen) atoms. The number of carbonyl (C=O) groups is 1. The third kappa shape index (κ3) is 8.75. The fraction of sp³-hybridized carbons (Fsp3) is 0.344. The lowest BCUT2D eigenvalue weighted by Gasteiger charge is -2.46. The lowest BCUT2D eigenvalue weighted by molar-refractivity contribution is -0.290. The van der Waals surface area contributed by atoms with Crippen LogP contribution in [0.15, 0.2) is 91.0 Å². The molecular formula is C32H35NO6. The van der Waals surface area contributed by atoms with Crippen LogP contribution < -0.4 is 5.32 Å². The highest BCUT2D eigenvalue weighted by Gasteiger charge is 2.48. The SMILES string of the molecule is C#CCO[C@H]1[C@H](OCc2ccccc2)[C@@H](NC(C)=O)[C@H](OCc2ccccc2)O[C@@H]1COCc1ccccc1. The molecule has 0 spiro atoms. The van der Waals surface area contributed by atoms with Crippen molar-refractivity contribution in [1.82, 2.24) is 5.32 Å². The molecule has 4 rings (SSSR count). The van der Waals surface area contributed by atoms with Crippen molar-refractivity contribution in [2.24, 2.45) is 0 Å². The number of carbonyl (C=O) groups excluding carboxylic acids is 1. The van der Waals surface area contributed by atoms with Crippen molar-refractivity contribution in [3.8, 4) is 12.3 Å². The van der Waals surface area contributed by atoms with Crippen LogP contribution in [0.1, 0.15) is 23.6 Å². The standard InChI is InChI=1S/C32H35NO6/c1-3-19-36-30-28(23-35-20-25-13-7-4-8-14-25)39-32(38-22-27-17-11-6-12-18-27)29(33-24(2)34)31(30)37-21-26-15-9-5-10-16-26/h1,4-18,28-32H,19-23H2,2H3,(H,33,34)/t28-,29-,30-,31-,32-/m1/s1. The molecule has 0 unspecified atom stereocenters. The molecule has 3 aromatic carbocycles. The summed E-state index contributed by atoms with van der Waals surface area (Å²) in [5.74, 6) is 2.30. The molecule has 0 aromatic heterocycles. The molecule has 1 heterocycles. The van der Waals surface area contributed by atoms with E-state index < -0.39 is 30.6 Å². The van der Waals surface area contributed by atoms with Crippen molar-refractivity contribution >= 4 is 5.91 Å². The van der Waals surface area contributed by atoms with Crippen LogP contribution in [0.25, 0.3) is 0 Å². The van der Waals surface area contributed by atoms with Crippen LogP contribution in [0.3, 0.4) is 0 Å². The van der Waals surface area contributed by atoms with Gasteiger partial charge in [-0.3, -0.25) is 4.79 Å². The third-order valence-electron chi connectivity index (χ3n) is 6.31. The second kappa shape index (κ2) is 15.2. The Kier molecular flexibility index (Phi) is 11.1. The first kappa shape index (κ1) is 28.5. The summed E-state index contributed by atoms with van der Waals surface area (Å²) < 4.78 is 31.3. The average Bonchev–Trinajstić information content (AvgIpc) is 2.96. The molecule has 0 radical (unpaired) electrons. The van der Waals surface area contributed by atoms with Crippen LogP contribution in [0.5, 0.6) is 0 Å². The molecular weight excluding hydrogens is 494 g/mol. The minimum Gasteiger partial charge on any atom is -0.374 e. The Morgan fingerprint density at radius 3 is 1.87 bits per heavy atom. The van der Waals surface area contributed by atoms with Crippen molar-refractivity contribution in [1.29, 1.82) is 0 Å². The Morgan fingerprint density at radius 2 is 1.33 bits per heavy atom. The van der Waals surface area contributed by atoms with Crippen molar-refractivity contribution in [2.45, 2.75) is 57.4 Å². The number of rotatable bonds is 13. The lowest BCUT2D eigenvalue weighted by Crippen LogP contribution is -2.66. The van der Waals surface area contributed by atoms with Crippen LogP contribution >= 0.6 is 0 Å². The van der Waals surface area contributed by atoms with Crippen molar-refractivity contribution < 1.29 is 28.5 Å². The summed E-state index contributed by atoms with van der Waals surface area (Å²) in [5, 5.41) is 2.98. The largest absolute Gasteiger partial charge is 0.374 e. The first-order valence-electron chi connectivity index (χ1n) is 13.0. The van der Waals surface area contributed by atoms with E-state index >= 15 is 0 Å². The molecule has 1 aliphatic heterocycles. The van der Waals surface area contributed by atoms with Crippen LogP contribution in [0.4, 0.5) is 0 Å². The van der Waals surface area contributed by atoms with Gasteiger partial charge in [0.1, 0.15) is 31.0 Å². The van der Waals surface area contributed by atoms with Gasteiger partial charge in [-0.15, -0.1) is 6.42 Å². The van der Waals surface area contributed by atoms with Crippen molar-refractivity contribution in [2.75, 3.05) is 13.2 Å². The smallest absolute Gasteiger partial charge is 0.217 e. The van der Waals surface area contributed by atoms with E-state index in [0.29, 0.717) is 19.8 Å². The molecule has 1 saturated heterocycles. The summed E-state index contributed by atoms with van der Waals surface area (Å²) in [6, 6.07) is 28.8. The molecule has 7 nitrogen and oxygen atoms in total. The average molecular weight is 530 g/mol. The van der Waals surface area contributed by atoms with E-state index in [4.69, 9.17) is 30.1 Å². The van der Waals surface area contributed by atoms with Gasteiger partial charge < -0.3 is 29.0 Å². The first-order chi connectivity index (χ1) is 19.1. The van der Waals surface area contributed by atoms with Gasteiger partial charge in [0.25, 0.3) is 0 Å². The Morgan fingerprint density at radius 1 is 0.795 bits per heavy atom. The zero-order chi connectivity index (χ0) is 27.3. The maximum Gasteiger partial charge on any atom is 0.217 e. The number of terminal acetylenes is 1. The van der Waals surface area contributed by atoms with Gasteiger partial charge >= 0.3 is 0 Å². The Hall–Kier alpha value is -3.51. The van der Waals surface area contributed by atoms with Gasteiger partial charge in [0.05, 0.1) is 26.4 Å². The monoisotopic (exact) mass is 529 g/mol. The zero-order valence-corrected chi connectivity index (χ0v) is 22.1. The molecule has 1 N–H and O–H groups in total. The second-order valence-electron chi connectivity index (χ2n) is 9.31. The highest BCUT2D eigenvalue weighted by atomic mass is 16.7. The maximum atomic E-state index is 12.3. The predicted molar refractivity (Wildman–Crippen MR) is 147 cm³/mol.